The smallest absolute Gasteiger partial charge is 0.164 e. The summed E-state index contributed by atoms with van der Waals surface area (Å²) in [6.45, 7) is 0. The molecule has 0 spiro atoms. The van der Waals surface area contributed by atoms with Crippen molar-refractivity contribution >= 4 is 54.3 Å². The minimum absolute atomic E-state index is 0.146. The summed E-state index contributed by atoms with van der Waals surface area (Å²) in [5.74, 6) is 0.267. The molecule has 228 valence electrons. The third-order valence-corrected chi connectivity index (χ3v) is 8.12. The lowest BCUT2D eigenvalue weighted by atomic mass is 9.92. The summed E-state index contributed by atoms with van der Waals surface area (Å²) in [5.41, 5.74) is -1.01. The molecule has 0 saturated carbocycles. The zero-order valence-corrected chi connectivity index (χ0v) is 25.0. The molecule has 2 aromatic heterocycles. The molecule has 10 rings (SSSR count). The Bertz CT molecular complexity index is 3740. The second-order valence-corrected chi connectivity index (χ2v) is 11.0. The van der Waals surface area contributed by atoms with Gasteiger partial charge in [0.25, 0.3) is 0 Å². The maximum absolute atomic E-state index is 9.66. The number of rotatable bonds is 4. The molecule has 4 heteroatoms. The Balaban J connectivity index is 1.31. The second kappa shape index (κ2) is 11.0. The quantitative estimate of drug-likeness (QED) is 0.179. The van der Waals surface area contributed by atoms with Gasteiger partial charge in [-0.15, -0.1) is 0 Å². The summed E-state index contributed by atoms with van der Waals surface area (Å²) < 4.78 is 160. The molecule has 10 aromatic rings. The highest BCUT2D eigenvalue weighted by molar-refractivity contribution is 6.25. The molecule has 0 N–H and O–H groups in total. The van der Waals surface area contributed by atoms with Crippen molar-refractivity contribution in [2.75, 3.05) is 0 Å². The van der Waals surface area contributed by atoms with Gasteiger partial charge in [-0.3, -0.25) is 0 Å². The molecule has 49 heavy (non-hydrogen) atoms. The maximum atomic E-state index is 9.66. The third-order valence-electron chi connectivity index (χ3n) is 8.12. The summed E-state index contributed by atoms with van der Waals surface area (Å²) in [6.07, 6.45) is 0. The predicted molar refractivity (Wildman–Crippen MR) is 201 cm³/mol. The van der Waals surface area contributed by atoms with Gasteiger partial charge >= 0.3 is 0 Å². The van der Waals surface area contributed by atoms with Crippen molar-refractivity contribution in [2.24, 2.45) is 0 Å². The van der Waals surface area contributed by atoms with Crippen LogP contribution in [0.25, 0.3) is 99.5 Å². The molecule has 0 fully saturated rings. The number of aromatic nitrogens is 3. The van der Waals surface area contributed by atoms with E-state index in [0.29, 0.717) is 11.1 Å². The van der Waals surface area contributed by atoms with E-state index in [9.17, 15) is 11.0 Å². The standard InChI is InChI=1S/C45H27N3O/c1-3-11-28(12-4-1)43-46-44(29-13-5-2-6-14-29)48-45(47-43)32-20-23-38-40-26-31(21-24-41(40)49-42(38)27-32)30-19-22-37-35-17-8-7-15-33(35)34-16-9-10-18-36(34)39(37)25-30/h1-27H/i7D,8D,9D,10D,15D,16D,17D,18D,19D,20D,21D,22D,23D,24D,25D,26D,27D. The fourth-order valence-corrected chi connectivity index (χ4v) is 5.83. The first-order valence-electron chi connectivity index (χ1n) is 23.6. The third kappa shape index (κ3) is 4.57. The number of hydrogen-bond acceptors (Lipinski definition) is 4. The fraction of sp³-hybridized carbons (Fsp3) is 0. The molecule has 2 heterocycles. The van der Waals surface area contributed by atoms with Crippen LogP contribution in [0.4, 0.5) is 0 Å². The Hall–Kier alpha value is -6.65. The highest BCUT2D eigenvalue weighted by Gasteiger charge is 2.16. The Morgan fingerprint density at radius 1 is 0.347 bits per heavy atom. The number of hydrogen-bond donors (Lipinski definition) is 0. The van der Waals surface area contributed by atoms with Gasteiger partial charge in [-0.25, -0.2) is 15.0 Å². The van der Waals surface area contributed by atoms with Crippen LogP contribution in [-0.4, -0.2) is 15.0 Å². The Kier molecular flexibility index (Phi) is 3.47. The first kappa shape index (κ1) is 15.5. The molecule has 0 saturated heterocycles. The van der Waals surface area contributed by atoms with Crippen LogP contribution in [0.1, 0.15) is 23.3 Å². The molecule has 0 bridgehead atoms. The second-order valence-electron chi connectivity index (χ2n) is 11.0. The maximum Gasteiger partial charge on any atom is 0.164 e. The van der Waals surface area contributed by atoms with Crippen molar-refractivity contribution in [1.29, 1.82) is 0 Å². The molecular weight excluding hydrogens is 599 g/mol. The van der Waals surface area contributed by atoms with Gasteiger partial charge in [0.2, 0.25) is 0 Å². The van der Waals surface area contributed by atoms with Crippen LogP contribution in [-0.2, 0) is 0 Å². The van der Waals surface area contributed by atoms with E-state index in [4.69, 9.17) is 16.8 Å². The highest BCUT2D eigenvalue weighted by atomic mass is 16.3. The average Bonchev–Trinajstić information content (AvgIpc) is 3.74. The van der Waals surface area contributed by atoms with E-state index in [-0.39, 0.29) is 55.6 Å². The van der Waals surface area contributed by atoms with Gasteiger partial charge in [-0.2, -0.15) is 0 Å². The first-order chi connectivity index (χ1) is 31.4. The number of nitrogens with zero attached hydrogens (tertiary/aromatic N) is 3. The van der Waals surface area contributed by atoms with E-state index in [2.05, 4.69) is 15.0 Å². The fourth-order valence-electron chi connectivity index (χ4n) is 5.83. The van der Waals surface area contributed by atoms with Crippen molar-refractivity contribution in [3.63, 3.8) is 0 Å². The molecule has 0 amide bonds. The van der Waals surface area contributed by atoms with Crippen molar-refractivity contribution in [3.8, 4) is 45.3 Å². The van der Waals surface area contributed by atoms with Gasteiger partial charge < -0.3 is 4.42 Å². The van der Waals surface area contributed by atoms with E-state index < -0.39 is 136 Å². The lowest BCUT2D eigenvalue weighted by Gasteiger charge is -2.12. The molecule has 4 nitrogen and oxygen atoms in total. The molecule has 8 aromatic carbocycles. The molecule has 0 aliphatic rings. The average molecular weight is 643 g/mol. The molecule has 0 atom stereocenters. The molecule has 0 unspecified atom stereocenters. The van der Waals surface area contributed by atoms with Gasteiger partial charge in [-0.1, -0.05) is 133 Å². The van der Waals surface area contributed by atoms with Crippen LogP contribution in [0.5, 0.6) is 0 Å². The Labute approximate surface area is 305 Å². The lowest BCUT2D eigenvalue weighted by molar-refractivity contribution is 0.669. The van der Waals surface area contributed by atoms with Crippen LogP contribution in [0.2, 0.25) is 0 Å². The number of benzene rings is 8. The number of furan rings is 1. The van der Waals surface area contributed by atoms with E-state index in [0.717, 1.165) is 0 Å². The van der Waals surface area contributed by atoms with Crippen LogP contribution in [0.3, 0.4) is 0 Å². The van der Waals surface area contributed by atoms with Crippen LogP contribution < -0.4 is 0 Å². The zero-order valence-electron chi connectivity index (χ0n) is 42.0. The molecule has 0 aliphatic heterocycles. The van der Waals surface area contributed by atoms with E-state index in [1.807, 2.05) is 12.1 Å². The normalized spacial score (nSPS) is 16.5. The van der Waals surface area contributed by atoms with Crippen molar-refractivity contribution in [3.05, 3.63) is 163 Å². The summed E-state index contributed by atoms with van der Waals surface area (Å²) in [7, 11) is 0. The van der Waals surface area contributed by atoms with Gasteiger partial charge in [0, 0.05) is 27.5 Å². The Morgan fingerprint density at radius 3 is 1.39 bits per heavy atom. The molecule has 0 radical (unpaired) electrons. The summed E-state index contributed by atoms with van der Waals surface area (Å²) in [4.78, 5) is 13.9. The lowest BCUT2D eigenvalue weighted by Crippen LogP contribution is -2.00. The van der Waals surface area contributed by atoms with E-state index >= 15 is 0 Å². The monoisotopic (exact) mass is 642 g/mol. The summed E-state index contributed by atoms with van der Waals surface area (Å²) in [5, 5.41) is -2.97. The van der Waals surface area contributed by atoms with E-state index in [1.54, 1.807) is 48.5 Å². The minimum atomic E-state index is -0.816. The largest absolute Gasteiger partial charge is 0.456 e. The van der Waals surface area contributed by atoms with Gasteiger partial charge in [0.15, 0.2) is 17.5 Å². The first-order valence-corrected chi connectivity index (χ1v) is 15.1. The van der Waals surface area contributed by atoms with E-state index in [1.165, 1.54) is 0 Å². The topological polar surface area (TPSA) is 51.8 Å². The zero-order chi connectivity index (χ0) is 47.1. The van der Waals surface area contributed by atoms with Gasteiger partial charge in [0.1, 0.15) is 11.2 Å². The highest BCUT2D eigenvalue weighted by Crippen LogP contribution is 2.39. The minimum Gasteiger partial charge on any atom is -0.456 e. The van der Waals surface area contributed by atoms with Crippen LogP contribution in [0.15, 0.2) is 168 Å². The van der Waals surface area contributed by atoms with Crippen molar-refractivity contribution < 1.29 is 27.7 Å². The van der Waals surface area contributed by atoms with Crippen LogP contribution >= 0.6 is 0 Å². The molecule has 0 aliphatic carbocycles. The van der Waals surface area contributed by atoms with Crippen molar-refractivity contribution in [1.82, 2.24) is 15.0 Å². The van der Waals surface area contributed by atoms with Gasteiger partial charge in [0.05, 0.1) is 23.3 Å². The summed E-state index contributed by atoms with van der Waals surface area (Å²) in [6, 6.07) is 5.96. The van der Waals surface area contributed by atoms with Gasteiger partial charge in [-0.05, 0) is 73.7 Å². The number of fused-ring (bicyclic) bond motifs is 9. The van der Waals surface area contributed by atoms with Crippen LogP contribution in [0, 0.1) is 0 Å². The summed E-state index contributed by atoms with van der Waals surface area (Å²) >= 11 is 0. The Morgan fingerprint density at radius 2 is 0.796 bits per heavy atom. The van der Waals surface area contributed by atoms with Crippen molar-refractivity contribution in [2.45, 2.75) is 0 Å². The molecular formula is C45H27N3O. The predicted octanol–water partition coefficient (Wildman–Crippen LogP) is 11.9. The SMILES string of the molecule is [2H]c1c(-c2c([2H])c([2H])c3c4c([2H])c([2H])c([2H])c([2H])c4c4c([2H])c([2H])c([2H])c([2H])c4c3c2[2H])c([2H])c2c(oc3c([2H])c(-c4nc(-c5ccccc5)nc(-c5ccccc5)n4)c([2H])c([2H])c32)c1[2H].